The minimum absolute atomic E-state index is 0.440. The maximum atomic E-state index is 6.74. The summed E-state index contributed by atoms with van der Waals surface area (Å²) in [7, 11) is 0. The van der Waals surface area contributed by atoms with Crippen LogP contribution in [0.1, 0.15) is 116 Å². The van der Waals surface area contributed by atoms with Crippen LogP contribution < -0.4 is 0 Å². The van der Waals surface area contributed by atoms with Gasteiger partial charge in [0.05, 0.1) is 12.2 Å². The topological polar surface area (TPSA) is 24.9 Å². The molecule has 184 valence electrons. The molecule has 5 heterocycles. The number of piperidine rings is 2. The summed E-state index contributed by atoms with van der Waals surface area (Å²) in [5, 5.41) is 0. The number of fused-ring (bicyclic) bond motifs is 2. The lowest BCUT2D eigenvalue weighted by molar-refractivity contribution is -0.183. The molecule has 0 aliphatic carbocycles. The van der Waals surface area contributed by atoms with Gasteiger partial charge >= 0.3 is 0 Å². The van der Waals surface area contributed by atoms with E-state index in [2.05, 4.69) is 9.80 Å². The highest BCUT2D eigenvalue weighted by Crippen LogP contribution is 2.36. The summed E-state index contributed by atoms with van der Waals surface area (Å²) in [6, 6.07) is 0. The summed E-state index contributed by atoms with van der Waals surface area (Å²) >= 11 is 0. The van der Waals surface area contributed by atoms with Crippen LogP contribution in [0.4, 0.5) is 0 Å². The Balaban J connectivity index is 1.16. The molecule has 0 N–H and O–H groups in total. The molecule has 0 saturated carbocycles. The molecule has 0 aromatic rings. The van der Waals surface area contributed by atoms with E-state index in [4.69, 9.17) is 9.47 Å². The van der Waals surface area contributed by atoms with E-state index in [1.54, 1.807) is 0 Å². The fraction of sp³-hybridized carbons (Fsp3) is 1.00. The lowest BCUT2D eigenvalue weighted by Gasteiger charge is -2.47. The average molecular weight is 447 g/mol. The van der Waals surface area contributed by atoms with E-state index in [0.29, 0.717) is 24.7 Å². The molecule has 0 spiro atoms. The number of nitrogens with zero attached hydrogens (tertiary/aromatic N) is 2. The third kappa shape index (κ3) is 6.09. The lowest BCUT2D eigenvalue weighted by atomic mass is 9.87. The number of hydrogen-bond acceptors (Lipinski definition) is 4. The fourth-order valence-corrected chi connectivity index (χ4v) is 7.53. The molecule has 5 saturated heterocycles. The van der Waals surface area contributed by atoms with E-state index in [1.807, 2.05) is 0 Å². The predicted octanol–water partition coefficient (Wildman–Crippen LogP) is 6.34. The molecule has 5 fully saturated rings. The van der Waals surface area contributed by atoms with Gasteiger partial charge < -0.3 is 9.47 Å². The molecule has 32 heavy (non-hydrogen) atoms. The quantitative estimate of drug-likeness (QED) is 0.434. The van der Waals surface area contributed by atoms with E-state index in [9.17, 15) is 0 Å². The summed E-state index contributed by atoms with van der Waals surface area (Å²) in [6.07, 6.45) is 26.5. The van der Waals surface area contributed by atoms with E-state index in [-0.39, 0.29) is 0 Å². The second-order valence-electron chi connectivity index (χ2n) is 11.7. The van der Waals surface area contributed by atoms with Crippen molar-refractivity contribution in [1.82, 2.24) is 9.80 Å². The van der Waals surface area contributed by atoms with Crippen molar-refractivity contribution in [1.29, 1.82) is 0 Å². The summed E-state index contributed by atoms with van der Waals surface area (Å²) in [4.78, 5) is 5.36. The maximum Gasteiger partial charge on any atom is 0.113 e. The smallest absolute Gasteiger partial charge is 0.113 e. The standard InChI is InChI=1S/C28H50N2O2/c1-3-7-15-25-17-21-30-20-10-14-24(28(30)31-25)12-6-2-4-8-16-26-18-22-29-19-9-13-23(11-5-1)27(29)32-26/h23-28H,1-22H2/t23-,24-,25+,26?,27+,28+/m0/s1. The van der Waals surface area contributed by atoms with Gasteiger partial charge in [0.15, 0.2) is 0 Å². The fourth-order valence-electron chi connectivity index (χ4n) is 7.53. The normalized spacial score (nSPS) is 41.6. The van der Waals surface area contributed by atoms with E-state index in [1.165, 1.54) is 142 Å². The Hall–Kier alpha value is -0.160. The third-order valence-electron chi connectivity index (χ3n) is 9.41. The second kappa shape index (κ2) is 12.0. The Kier molecular flexibility index (Phi) is 8.84. The average Bonchev–Trinajstić information content (AvgIpc) is 2.83. The van der Waals surface area contributed by atoms with Gasteiger partial charge in [-0.25, -0.2) is 0 Å². The second-order valence-corrected chi connectivity index (χ2v) is 11.7. The number of rotatable bonds is 0. The molecule has 4 bridgehead atoms. The molecular weight excluding hydrogens is 396 g/mol. The highest BCUT2D eigenvalue weighted by Gasteiger charge is 2.38. The Morgan fingerprint density at radius 2 is 0.781 bits per heavy atom. The molecule has 5 rings (SSSR count). The number of hydrogen-bond donors (Lipinski definition) is 0. The summed E-state index contributed by atoms with van der Waals surface area (Å²) in [5.41, 5.74) is 0. The van der Waals surface area contributed by atoms with Crippen LogP contribution in [-0.4, -0.2) is 60.6 Å². The van der Waals surface area contributed by atoms with Gasteiger partial charge in [0, 0.05) is 26.2 Å². The lowest BCUT2D eigenvalue weighted by Crippen LogP contribution is -2.53. The van der Waals surface area contributed by atoms with Crippen molar-refractivity contribution < 1.29 is 9.47 Å². The zero-order valence-electron chi connectivity index (χ0n) is 20.7. The molecule has 0 aromatic carbocycles. The van der Waals surface area contributed by atoms with E-state index >= 15 is 0 Å². The van der Waals surface area contributed by atoms with Crippen molar-refractivity contribution in [2.75, 3.05) is 26.2 Å². The van der Waals surface area contributed by atoms with Gasteiger partial charge in [-0.2, -0.15) is 0 Å². The molecule has 0 radical (unpaired) electrons. The van der Waals surface area contributed by atoms with Gasteiger partial charge in [0.1, 0.15) is 12.5 Å². The van der Waals surface area contributed by atoms with Gasteiger partial charge in [-0.15, -0.1) is 0 Å². The predicted molar refractivity (Wildman–Crippen MR) is 131 cm³/mol. The van der Waals surface area contributed by atoms with Gasteiger partial charge in [-0.05, 0) is 76.0 Å². The van der Waals surface area contributed by atoms with E-state index < -0.39 is 0 Å². The van der Waals surface area contributed by atoms with Crippen molar-refractivity contribution in [3.05, 3.63) is 0 Å². The van der Waals surface area contributed by atoms with Gasteiger partial charge in [0.2, 0.25) is 0 Å². The van der Waals surface area contributed by atoms with Gasteiger partial charge in [-0.1, -0.05) is 51.4 Å². The van der Waals surface area contributed by atoms with Gasteiger partial charge in [-0.3, -0.25) is 9.80 Å². The van der Waals surface area contributed by atoms with Crippen LogP contribution in [0.15, 0.2) is 0 Å². The zero-order chi connectivity index (χ0) is 21.6. The van der Waals surface area contributed by atoms with Crippen molar-refractivity contribution in [2.24, 2.45) is 11.8 Å². The highest BCUT2D eigenvalue weighted by atomic mass is 16.5. The molecule has 5 aliphatic heterocycles. The first kappa shape index (κ1) is 23.6. The van der Waals surface area contributed by atoms with Crippen LogP contribution in [0.5, 0.6) is 0 Å². The SMILES string of the molecule is C1CCC[C@H]2CCCN3CC[C@@H](CCCCCC[C@H]4CCCN5CCC(CC1)O[C@H]45)O[C@H]23. The Morgan fingerprint density at radius 3 is 1.25 bits per heavy atom. The molecule has 1 unspecified atom stereocenters. The number of ether oxygens (including phenoxy) is 2. The first-order valence-electron chi connectivity index (χ1n) is 14.7. The Labute approximate surface area is 197 Å². The summed E-state index contributed by atoms with van der Waals surface area (Å²) in [6.45, 7) is 5.11. The Bertz CT molecular complexity index is 510. The van der Waals surface area contributed by atoms with Crippen LogP contribution in [-0.2, 0) is 9.47 Å². The van der Waals surface area contributed by atoms with Crippen LogP contribution in [0, 0.1) is 11.8 Å². The van der Waals surface area contributed by atoms with Crippen LogP contribution in [0.3, 0.4) is 0 Å². The molecule has 0 amide bonds. The molecule has 6 atom stereocenters. The van der Waals surface area contributed by atoms with Crippen LogP contribution in [0.25, 0.3) is 0 Å². The first-order chi connectivity index (χ1) is 15.9. The molecule has 4 heteroatoms. The summed E-state index contributed by atoms with van der Waals surface area (Å²) in [5.74, 6) is 1.57. The largest absolute Gasteiger partial charge is 0.360 e. The van der Waals surface area contributed by atoms with E-state index in [0.717, 1.165) is 11.8 Å². The third-order valence-corrected chi connectivity index (χ3v) is 9.41. The minimum atomic E-state index is 0.440. The Morgan fingerprint density at radius 1 is 0.375 bits per heavy atom. The molecule has 4 nitrogen and oxygen atoms in total. The van der Waals surface area contributed by atoms with Crippen molar-refractivity contribution in [2.45, 2.75) is 140 Å². The van der Waals surface area contributed by atoms with Crippen molar-refractivity contribution in [3.63, 3.8) is 0 Å². The minimum Gasteiger partial charge on any atom is -0.360 e. The molecule has 5 aliphatic rings. The molecule has 0 aromatic heterocycles. The van der Waals surface area contributed by atoms with Crippen molar-refractivity contribution in [3.8, 4) is 0 Å². The monoisotopic (exact) mass is 446 g/mol. The summed E-state index contributed by atoms with van der Waals surface area (Å²) < 4.78 is 13.5. The first-order valence-corrected chi connectivity index (χ1v) is 14.7. The zero-order valence-corrected chi connectivity index (χ0v) is 20.7. The molecular formula is C28H50N2O2. The van der Waals surface area contributed by atoms with Crippen molar-refractivity contribution >= 4 is 0 Å². The van der Waals surface area contributed by atoms with Gasteiger partial charge in [0.25, 0.3) is 0 Å². The maximum absolute atomic E-state index is 6.74. The highest BCUT2D eigenvalue weighted by molar-refractivity contribution is 4.85. The van der Waals surface area contributed by atoms with Crippen LogP contribution in [0.2, 0.25) is 0 Å². The van der Waals surface area contributed by atoms with Crippen LogP contribution >= 0.6 is 0 Å².